The number of nitrogens with zero attached hydrogens (tertiary/aromatic N) is 2. The fourth-order valence-electron chi connectivity index (χ4n) is 1.46. The molecule has 0 aromatic carbocycles. The van der Waals surface area contributed by atoms with Crippen LogP contribution in [-0.4, -0.2) is 53.8 Å². The molecule has 1 amide bonds. The Hall–Kier alpha value is -1.90. The number of hydrogen-bond acceptors (Lipinski definition) is 4. The quantitative estimate of drug-likeness (QED) is 0.812. The highest BCUT2D eigenvalue weighted by Crippen LogP contribution is 2.03. The highest BCUT2D eigenvalue weighted by molar-refractivity contribution is 5.92. The van der Waals surface area contributed by atoms with E-state index < -0.39 is 0 Å². The van der Waals surface area contributed by atoms with Gasteiger partial charge in [0.1, 0.15) is 12.3 Å². The van der Waals surface area contributed by atoms with Crippen LogP contribution in [0.1, 0.15) is 29.9 Å². The number of hydrogen-bond donors (Lipinski definition) is 1. The van der Waals surface area contributed by atoms with Crippen LogP contribution in [0.2, 0.25) is 0 Å². The van der Waals surface area contributed by atoms with Crippen LogP contribution in [0.5, 0.6) is 0 Å². The second-order valence-corrected chi connectivity index (χ2v) is 4.54. The largest absolute Gasteiger partial charge is 0.384 e. The average Bonchev–Trinajstić information content (AvgIpc) is 2.44. The fraction of sp³-hybridized carbons (Fsp3) is 0.467. The number of aromatic nitrogens is 1. The molecule has 0 saturated carbocycles. The molecule has 0 saturated heterocycles. The summed E-state index contributed by atoms with van der Waals surface area (Å²) in [4.78, 5) is 17.7. The van der Waals surface area contributed by atoms with Crippen LogP contribution in [0, 0.1) is 11.8 Å². The summed E-state index contributed by atoms with van der Waals surface area (Å²) in [5.74, 6) is 5.10. The molecule has 1 aromatic rings. The third-order valence-corrected chi connectivity index (χ3v) is 2.52. The molecule has 108 valence electrons. The first-order chi connectivity index (χ1) is 9.54. The van der Waals surface area contributed by atoms with Gasteiger partial charge in [-0.2, -0.15) is 0 Å². The highest BCUT2D eigenvalue weighted by Gasteiger charge is 2.12. The number of aliphatic hydroxyl groups excluding tert-OH is 1. The van der Waals surface area contributed by atoms with Crippen LogP contribution in [0.15, 0.2) is 18.3 Å². The average molecular weight is 276 g/mol. The van der Waals surface area contributed by atoms with E-state index in [9.17, 15) is 4.79 Å². The minimum atomic E-state index is -0.195. The summed E-state index contributed by atoms with van der Waals surface area (Å²) < 4.78 is 5.41. The summed E-state index contributed by atoms with van der Waals surface area (Å²) in [6, 6.07) is 3.34. The number of carbonyl (C=O) groups is 1. The van der Waals surface area contributed by atoms with E-state index >= 15 is 0 Å². The first kappa shape index (κ1) is 16.2. The van der Waals surface area contributed by atoms with Crippen molar-refractivity contribution in [2.45, 2.75) is 20.0 Å². The number of aliphatic hydroxyl groups is 1. The van der Waals surface area contributed by atoms with Gasteiger partial charge in [0.2, 0.25) is 0 Å². The topological polar surface area (TPSA) is 62.7 Å². The van der Waals surface area contributed by atoms with E-state index in [-0.39, 0.29) is 18.6 Å². The lowest BCUT2D eigenvalue weighted by Gasteiger charge is -2.17. The monoisotopic (exact) mass is 276 g/mol. The van der Waals surface area contributed by atoms with Gasteiger partial charge in [-0.05, 0) is 26.0 Å². The molecule has 1 aromatic heterocycles. The molecule has 5 heteroatoms. The van der Waals surface area contributed by atoms with Gasteiger partial charge < -0.3 is 14.7 Å². The van der Waals surface area contributed by atoms with Gasteiger partial charge in [0.15, 0.2) is 0 Å². The van der Waals surface area contributed by atoms with Gasteiger partial charge in [0.05, 0.1) is 12.7 Å². The normalized spacial score (nSPS) is 10.1. The SMILES string of the molecule is CC(C)OCCN(C)C(=O)c1ccc(C#CCO)cn1. The first-order valence-electron chi connectivity index (χ1n) is 6.47. The maximum absolute atomic E-state index is 12.1. The number of pyridine rings is 1. The van der Waals surface area contributed by atoms with Gasteiger partial charge in [-0.1, -0.05) is 11.8 Å². The smallest absolute Gasteiger partial charge is 0.272 e. The summed E-state index contributed by atoms with van der Waals surface area (Å²) in [7, 11) is 1.72. The standard InChI is InChI=1S/C15H20N2O3/c1-12(2)20-10-8-17(3)15(19)14-7-6-13(11-16-14)5-4-9-18/h6-7,11-12,18H,8-10H2,1-3H3. The van der Waals surface area contributed by atoms with Crippen molar-refractivity contribution in [2.24, 2.45) is 0 Å². The van der Waals surface area contributed by atoms with Crippen molar-refractivity contribution in [2.75, 3.05) is 26.8 Å². The van der Waals surface area contributed by atoms with E-state index in [0.717, 1.165) is 0 Å². The zero-order valence-corrected chi connectivity index (χ0v) is 12.1. The molecule has 5 nitrogen and oxygen atoms in total. The summed E-state index contributed by atoms with van der Waals surface area (Å²) in [5.41, 5.74) is 1.04. The second kappa shape index (κ2) is 8.31. The summed E-state index contributed by atoms with van der Waals surface area (Å²) >= 11 is 0. The molecule has 0 spiro atoms. The van der Waals surface area contributed by atoms with Gasteiger partial charge in [0, 0.05) is 25.4 Å². The molecule has 0 aliphatic carbocycles. The molecular weight excluding hydrogens is 256 g/mol. The Bertz CT molecular complexity index is 486. The van der Waals surface area contributed by atoms with Gasteiger partial charge in [-0.25, -0.2) is 4.98 Å². The lowest BCUT2D eigenvalue weighted by atomic mass is 10.2. The van der Waals surface area contributed by atoms with Gasteiger partial charge in [-0.15, -0.1) is 0 Å². The van der Waals surface area contributed by atoms with Gasteiger partial charge >= 0.3 is 0 Å². The minimum absolute atomic E-state index is 0.154. The third kappa shape index (κ3) is 5.39. The molecule has 0 unspecified atom stereocenters. The van der Waals surface area contributed by atoms with E-state index in [4.69, 9.17) is 9.84 Å². The highest BCUT2D eigenvalue weighted by atomic mass is 16.5. The molecule has 1 N–H and O–H groups in total. The molecule has 0 bridgehead atoms. The Kier molecular flexibility index (Phi) is 6.71. The zero-order valence-electron chi connectivity index (χ0n) is 12.1. The van der Waals surface area contributed by atoms with Crippen LogP contribution in [0.3, 0.4) is 0 Å². The van der Waals surface area contributed by atoms with E-state index in [2.05, 4.69) is 16.8 Å². The van der Waals surface area contributed by atoms with Crippen molar-refractivity contribution in [3.63, 3.8) is 0 Å². The number of likely N-dealkylation sites (N-methyl/N-ethyl adjacent to an activating group) is 1. The van der Waals surface area contributed by atoms with Crippen LogP contribution >= 0.6 is 0 Å². The molecule has 20 heavy (non-hydrogen) atoms. The van der Waals surface area contributed by atoms with Crippen LogP contribution < -0.4 is 0 Å². The summed E-state index contributed by atoms with van der Waals surface area (Å²) in [5, 5.41) is 8.60. The Labute approximate surface area is 119 Å². The van der Waals surface area contributed by atoms with Crippen molar-refractivity contribution in [1.82, 2.24) is 9.88 Å². The maximum Gasteiger partial charge on any atom is 0.272 e. The molecule has 0 aliphatic rings. The van der Waals surface area contributed by atoms with Crippen molar-refractivity contribution >= 4 is 5.91 Å². The number of carbonyl (C=O) groups excluding carboxylic acids is 1. The Morgan fingerprint density at radius 3 is 2.80 bits per heavy atom. The first-order valence-corrected chi connectivity index (χ1v) is 6.47. The van der Waals surface area contributed by atoms with Crippen molar-refractivity contribution in [3.8, 4) is 11.8 Å². The van der Waals surface area contributed by atoms with Crippen LogP contribution in [0.25, 0.3) is 0 Å². The lowest BCUT2D eigenvalue weighted by Crippen LogP contribution is -2.31. The number of ether oxygens (including phenoxy) is 1. The van der Waals surface area contributed by atoms with Gasteiger partial charge in [0.25, 0.3) is 5.91 Å². The Morgan fingerprint density at radius 2 is 2.25 bits per heavy atom. The number of amides is 1. The predicted molar refractivity (Wildman–Crippen MR) is 76.2 cm³/mol. The third-order valence-electron chi connectivity index (χ3n) is 2.52. The molecular formula is C15H20N2O3. The molecule has 1 heterocycles. The second-order valence-electron chi connectivity index (χ2n) is 4.54. The van der Waals surface area contributed by atoms with E-state index in [1.165, 1.54) is 6.20 Å². The van der Waals surface area contributed by atoms with Crippen molar-refractivity contribution < 1.29 is 14.6 Å². The van der Waals surface area contributed by atoms with Crippen LogP contribution in [-0.2, 0) is 4.74 Å². The summed E-state index contributed by atoms with van der Waals surface area (Å²) in [6.07, 6.45) is 1.68. The summed E-state index contributed by atoms with van der Waals surface area (Å²) in [6.45, 7) is 4.73. The Morgan fingerprint density at radius 1 is 1.50 bits per heavy atom. The maximum atomic E-state index is 12.1. The molecule has 0 fully saturated rings. The fourth-order valence-corrected chi connectivity index (χ4v) is 1.46. The van der Waals surface area contributed by atoms with E-state index in [1.807, 2.05) is 13.8 Å². The molecule has 0 radical (unpaired) electrons. The lowest BCUT2D eigenvalue weighted by molar-refractivity contribution is 0.0529. The van der Waals surface area contributed by atoms with Gasteiger partial charge in [-0.3, -0.25) is 4.79 Å². The van der Waals surface area contributed by atoms with Crippen molar-refractivity contribution in [1.29, 1.82) is 0 Å². The van der Waals surface area contributed by atoms with E-state index in [0.29, 0.717) is 24.4 Å². The molecule has 0 aliphatic heterocycles. The molecule has 0 atom stereocenters. The van der Waals surface area contributed by atoms with Crippen LogP contribution in [0.4, 0.5) is 0 Å². The number of rotatable bonds is 5. The minimum Gasteiger partial charge on any atom is -0.384 e. The predicted octanol–water partition coefficient (Wildman–Crippen LogP) is 0.922. The Balaban J connectivity index is 2.58. The van der Waals surface area contributed by atoms with E-state index in [1.54, 1.807) is 24.1 Å². The zero-order chi connectivity index (χ0) is 15.0. The molecule has 1 rings (SSSR count). The van der Waals surface area contributed by atoms with Crippen molar-refractivity contribution in [3.05, 3.63) is 29.6 Å².